The van der Waals surface area contributed by atoms with Gasteiger partial charge in [-0.25, -0.2) is 4.39 Å². The average molecular weight is 280 g/mol. The number of ether oxygens (including phenoxy) is 1. The number of carboxylic acid groups (broad SMARTS) is 1. The van der Waals surface area contributed by atoms with Gasteiger partial charge in [0.2, 0.25) is 0 Å². The summed E-state index contributed by atoms with van der Waals surface area (Å²) >= 11 is 0. The van der Waals surface area contributed by atoms with Gasteiger partial charge in [-0.05, 0) is 54.9 Å². The topological polar surface area (TPSA) is 46.5 Å². The molecule has 3 nitrogen and oxygen atoms in total. The molecule has 0 aliphatic heterocycles. The van der Waals surface area contributed by atoms with Crippen molar-refractivity contribution in [2.45, 2.75) is 39.0 Å². The molecule has 0 amide bonds. The molecule has 0 bridgehead atoms. The molecule has 2 rings (SSSR count). The van der Waals surface area contributed by atoms with Gasteiger partial charge in [0.05, 0.1) is 12.5 Å². The summed E-state index contributed by atoms with van der Waals surface area (Å²) in [4.78, 5) is 10.9. The minimum absolute atomic E-state index is 0.104. The Morgan fingerprint density at radius 1 is 1.55 bits per heavy atom. The van der Waals surface area contributed by atoms with Crippen molar-refractivity contribution in [1.82, 2.24) is 0 Å². The summed E-state index contributed by atoms with van der Waals surface area (Å²) in [5.41, 5.74) is 0.842. The minimum atomic E-state index is -0.719. The standard InChI is InChI=1S/C16H21FO3/c1-3-6-20-15-5-4-12(17)9-13(15)10(2)7-11-8-14(11)16(18)19/h4-5,9-11,14H,3,6-8H2,1-2H3,(H,18,19). The fraction of sp³-hybridized carbons (Fsp3) is 0.562. The summed E-state index contributed by atoms with van der Waals surface area (Å²) in [6, 6.07) is 4.57. The summed E-state index contributed by atoms with van der Waals surface area (Å²) in [7, 11) is 0. The van der Waals surface area contributed by atoms with Gasteiger partial charge in [0.25, 0.3) is 0 Å². The first kappa shape index (κ1) is 14.8. The lowest BCUT2D eigenvalue weighted by Crippen LogP contribution is -2.05. The molecule has 1 aromatic carbocycles. The van der Waals surface area contributed by atoms with Crippen molar-refractivity contribution in [1.29, 1.82) is 0 Å². The van der Waals surface area contributed by atoms with Crippen LogP contribution in [-0.2, 0) is 4.79 Å². The molecule has 3 atom stereocenters. The van der Waals surface area contributed by atoms with Gasteiger partial charge in [0, 0.05) is 0 Å². The van der Waals surface area contributed by atoms with Crippen LogP contribution in [0.25, 0.3) is 0 Å². The third-order valence-electron chi connectivity index (χ3n) is 3.86. The van der Waals surface area contributed by atoms with Crippen molar-refractivity contribution in [2.75, 3.05) is 6.61 Å². The van der Waals surface area contributed by atoms with Crippen LogP contribution in [0.4, 0.5) is 4.39 Å². The number of rotatable bonds is 7. The number of hydrogen-bond acceptors (Lipinski definition) is 2. The van der Waals surface area contributed by atoms with Crippen LogP contribution >= 0.6 is 0 Å². The van der Waals surface area contributed by atoms with Crippen LogP contribution in [-0.4, -0.2) is 17.7 Å². The first-order chi connectivity index (χ1) is 9.52. The van der Waals surface area contributed by atoms with E-state index >= 15 is 0 Å². The Morgan fingerprint density at radius 3 is 2.90 bits per heavy atom. The molecule has 0 saturated heterocycles. The van der Waals surface area contributed by atoms with E-state index in [1.807, 2.05) is 13.8 Å². The average Bonchev–Trinajstić information content (AvgIpc) is 3.16. The van der Waals surface area contributed by atoms with Crippen molar-refractivity contribution in [3.63, 3.8) is 0 Å². The number of carbonyl (C=O) groups is 1. The van der Waals surface area contributed by atoms with E-state index in [0.29, 0.717) is 12.4 Å². The predicted molar refractivity (Wildman–Crippen MR) is 74.5 cm³/mol. The molecule has 20 heavy (non-hydrogen) atoms. The lowest BCUT2D eigenvalue weighted by Gasteiger charge is -2.17. The van der Waals surface area contributed by atoms with E-state index in [9.17, 15) is 9.18 Å². The highest BCUT2D eigenvalue weighted by Gasteiger charge is 2.43. The molecule has 110 valence electrons. The molecule has 1 aliphatic rings. The molecule has 4 heteroatoms. The van der Waals surface area contributed by atoms with E-state index in [0.717, 1.165) is 24.8 Å². The first-order valence-corrected chi connectivity index (χ1v) is 7.18. The molecule has 1 N–H and O–H groups in total. The zero-order valence-electron chi connectivity index (χ0n) is 11.9. The van der Waals surface area contributed by atoms with Crippen molar-refractivity contribution < 1.29 is 19.0 Å². The van der Waals surface area contributed by atoms with Gasteiger partial charge in [0.1, 0.15) is 11.6 Å². The largest absolute Gasteiger partial charge is 0.493 e. The number of benzene rings is 1. The molecular formula is C16H21FO3. The Kier molecular flexibility index (Phi) is 4.63. The third-order valence-corrected chi connectivity index (χ3v) is 3.86. The van der Waals surface area contributed by atoms with E-state index < -0.39 is 5.97 Å². The molecular weight excluding hydrogens is 259 g/mol. The van der Waals surface area contributed by atoms with Gasteiger partial charge < -0.3 is 9.84 Å². The molecule has 1 aromatic rings. The normalized spacial score (nSPS) is 22.4. The van der Waals surface area contributed by atoms with E-state index in [2.05, 4.69) is 0 Å². The van der Waals surface area contributed by atoms with Gasteiger partial charge in [-0.2, -0.15) is 0 Å². The van der Waals surface area contributed by atoms with Crippen LogP contribution in [0.15, 0.2) is 18.2 Å². The van der Waals surface area contributed by atoms with Crippen molar-refractivity contribution in [3.8, 4) is 5.75 Å². The molecule has 0 spiro atoms. The van der Waals surface area contributed by atoms with Crippen LogP contribution in [0, 0.1) is 17.7 Å². The van der Waals surface area contributed by atoms with Gasteiger partial charge in [0.15, 0.2) is 0 Å². The molecule has 0 aromatic heterocycles. The molecule has 3 unspecified atom stereocenters. The smallest absolute Gasteiger partial charge is 0.306 e. The van der Waals surface area contributed by atoms with Crippen molar-refractivity contribution >= 4 is 5.97 Å². The van der Waals surface area contributed by atoms with Crippen molar-refractivity contribution in [3.05, 3.63) is 29.6 Å². The second kappa shape index (κ2) is 6.25. The lowest BCUT2D eigenvalue weighted by molar-refractivity contribution is -0.138. The Morgan fingerprint density at radius 2 is 2.30 bits per heavy atom. The zero-order valence-corrected chi connectivity index (χ0v) is 11.9. The van der Waals surface area contributed by atoms with E-state index in [1.54, 1.807) is 6.07 Å². The quantitative estimate of drug-likeness (QED) is 0.825. The SMILES string of the molecule is CCCOc1ccc(F)cc1C(C)CC1CC1C(=O)O. The number of hydrogen-bond donors (Lipinski definition) is 1. The van der Waals surface area contributed by atoms with Crippen LogP contribution < -0.4 is 4.74 Å². The van der Waals surface area contributed by atoms with Crippen LogP contribution in [0.5, 0.6) is 5.75 Å². The highest BCUT2D eigenvalue weighted by molar-refractivity contribution is 5.73. The Labute approximate surface area is 118 Å². The second-order valence-electron chi connectivity index (χ2n) is 5.61. The van der Waals surface area contributed by atoms with Gasteiger partial charge >= 0.3 is 5.97 Å². The summed E-state index contributed by atoms with van der Waals surface area (Å²) in [5.74, 6) is -0.179. The van der Waals surface area contributed by atoms with E-state index in [-0.39, 0.29) is 23.6 Å². The highest BCUT2D eigenvalue weighted by atomic mass is 19.1. The van der Waals surface area contributed by atoms with Gasteiger partial charge in [-0.1, -0.05) is 13.8 Å². The molecule has 1 aliphatic carbocycles. The highest BCUT2D eigenvalue weighted by Crippen LogP contribution is 2.46. The van der Waals surface area contributed by atoms with Gasteiger partial charge in [-0.15, -0.1) is 0 Å². The molecule has 1 saturated carbocycles. The van der Waals surface area contributed by atoms with E-state index in [4.69, 9.17) is 9.84 Å². The number of carboxylic acids is 1. The monoisotopic (exact) mass is 280 g/mol. The molecule has 0 heterocycles. The lowest BCUT2D eigenvalue weighted by atomic mass is 9.94. The summed E-state index contributed by atoms with van der Waals surface area (Å²) in [6.45, 7) is 4.63. The number of halogens is 1. The number of aliphatic carboxylic acids is 1. The predicted octanol–water partition coefficient (Wildman–Crippen LogP) is 3.83. The maximum Gasteiger partial charge on any atom is 0.306 e. The van der Waals surface area contributed by atoms with E-state index in [1.165, 1.54) is 12.1 Å². The first-order valence-electron chi connectivity index (χ1n) is 7.18. The zero-order chi connectivity index (χ0) is 14.7. The summed E-state index contributed by atoms with van der Waals surface area (Å²) < 4.78 is 19.1. The Balaban J connectivity index is 2.06. The van der Waals surface area contributed by atoms with Crippen molar-refractivity contribution in [2.24, 2.45) is 11.8 Å². The van der Waals surface area contributed by atoms with Crippen LogP contribution in [0.2, 0.25) is 0 Å². The third kappa shape index (κ3) is 3.50. The second-order valence-corrected chi connectivity index (χ2v) is 5.61. The fourth-order valence-electron chi connectivity index (χ4n) is 2.64. The summed E-state index contributed by atoms with van der Waals surface area (Å²) in [6.07, 6.45) is 2.40. The molecule has 0 radical (unpaired) electrons. The summed E-state index contributed by atoms with van der Waals surface area (Å²) in [5, 5.41) is 8.94. The van der Waals surface area contributed by atoms with Gasteiger partial charge in [-0.3, -0.25) is 4.79 Å². The maximum absolute atomic E-state index is 13.4. The maximum atomic E-state index is 13.4. The molecule has 1 fully saturated rings. The minimum Gasteiger partial charge on any atom is -0.493 e. The fourth-order valence-corrected chi connectivity index (χ4v) is 2.64. The Bertz CT molecular complexity index is 487. The Hall–Kier alpha value is -1.58. The van der Waals surface area contributed by atoms with Crippen LogP contribution in [0.1, 0.15) is 44.6 Å². The van der Waals surface area contributed by atoms with Crippen LogP contribution in [0.3, 0.4) is 0 Å².